The maximum Gasteiger partial charge on any atom is 0.0447 e. The van der Waals surface area contributed by atoms with Crippen molar-refractivity contribution in [2.24, 2.45) is 0 Å². The molecule has 3 nitrogen and oxygen atoms in total. The number of hydrogen-bond donors (Lipinski definition) is 2. The van der Waals surface area contributed by atoms with E-state index in [9.17, 15) is 0 Å². The zero-order valence-corrected chi connectivity index (χ0v) is 12.1. The number of anilines is 1. The van der Waals surface area contributed by atoms with Gasteiger partial charge in [0.05, 0.1) is 0 Å². The van der Waals surface area contributed by atoms with Gasteiger partial charge in [-0.3, -0.25) is 0 Å². The molecular formula is C13H21BrN2O. The fraction of sp³-hybridized carbons (Fsp3) is 0.538. The highest BCUT2D eigenvalue weighted by Crippen LogP contribution is 2.24. The molecule has 0 spiro atoms. The van der Waals surface area contributed by atoms with Crippen LogP contribution in [0.3, 0.4) is 0 Å². The van der Waals surface area contributed by atoms with Gasteiger partial charge in [0.2, 0.25) is 0 Å². The molecule has 0 bridgehead atoms. The molecule has 1 aromatic rings. The zero-order chi connectivity index (χ0) is 12.7. The lowest BCUT2D eigenvalue weighted by Crippen LogP contribution is -2.26. The van der Waals surface area contributed by atoms with Crippen LogP contribution in [0, 0.1) is 0 Å². The van der Waals surface area contributed by atoms with Gasteiger partial charge in [0.15, 0.2) is 0 Å². The Balaban J connectivity index is 2.91. The van der Waals surface area contributed by atoms with Gasteiger partial charge in [-0.15, -0.1) is 0 Å². The van der Waals surface area contributed by atoms with Gasteiger partial charge in [-0.25, -0.2) is 0 Å². The normalized spacial score (nSPS) is 10.6. The van der Waals surface area contributed by atoms with Gasteiger partial charge in [0.25, 0.3) is 0 Å². The molecule has 1 rings (SSSR count). The van der Waals surface area contributed by atoms with E-state index in [1.165, 1.54) is 11.3 Å². The Labute approximate surface area is 112 Å². The number of rotatable bonds is 7. The van der Waals surface area contributed by atoms with E-state index in [4.69, 9.17) is 5.11 Å². The molecule has 0 unspecified atom stereocenters. The summed E-state index contributed by atoms with van der Waals surface area (Å²) in [6, 6.07) is 6.35. The van der Waals surface area contributed by atoms with Gasteiger partial charge >= 0.3 is 0 Å². The summed E-state index contributed by atoms with van der Waals surface area (Å²) in [6.07, 6.45) is 0.808. The molecule has 0 heterocycles. The van der Waals surface area contributed by atoms with Crippen LogP contribution in [-0.2, 0) is 6.54 Å². The Morgan fingerprint density at radius 3 is 2.76 bits per heavy atom. The van der Waals surface area contributed by atoms with Crippen molar-refractivity contribution in [1.29, 1.82) is 0 Å². The number of aliphatic hydroxyl groups is 1. The molecule has 0 aliphatic rings. The van der Waals surface area contributed by atoms with Gasteiger partial charge in [-0.2, -0.15) is 0 Å². The molecule has 17 heavy (non-hydrogen) atoms. The smallest absolute Gasteiger partial charge is 0.0447 e. The van der Waals surface area contributed by atoms with Gasteiger partial charge in [0.1, 0.15) is 0 Å². The van der Waals surface area contributed by atoms with E-state index in [2.05, 4.69) is 51.3 Å². The van der Waals surface area contributed by atoms with Gasteiger partial charge in [0, 0.05) is 36.4 Å². The Morgan fingerprint density at radius 2 is 2.18 bits per heavy atom. The third kappa shape index (κ3) is 4.30. The first-order valence-corrected chi connectivity index (χ1v) is 6.81. The Kier molecular flexibility index (Phi) is 6.55. The summed E-state index contributed by atoms with van der Waals surface area (Å²) < 4.78 is 1.10. The second-order valence-electron chi connectivity index (χ2n) is 3.96. The minimum atomic E-state index is 0.244. The molecule has 4 heteroatoms. The standard InChI is InChI=1S/C13H21BrN2O/c1-3-16(7-4-8-17)13-6-5-12(14)9-11(13)10-15-2/h5-6,9,15,17H,3-4,7-8,10H2,1-2H3. The van der Waals surface area contributed by atoms with Crippen LogP contribution in [0.25, 0.3) is 0 Å². The molecule has 0 aromatic heterocycles. The van der Waals surface area contributed by atoms with Crippen molar-refractivity contribution in [3.8, 4) is 0 Å². The predicted octanol–water partition coefficient (Wildman–Crippen LogP) is 2.38. The average molecular weight is 301 g/mol. The molecule has 0 radical (unpaired) electrons. The first-order valence-electron chi connectivity index (χ1n) is 6.01. The summed E-state index contributed by atoms with van der Waals surface area (Å²) in [6.45, 7) is 5.09. The summed E-state index contributed by atoms with van der Waals surface area (Å²) >= 11 is 3.50. The van der Waals surface area contributed by atoms with Crippen LogP contribution in [0.2, 0.25) is 0 Å². The highest BCUT2D eigenvalue weighted by Gasteiger charge is 2.09. The molecule has 0 fully saturated rings. The van der Waals surface area contributed by atoms with Crippen LogP contribution in [-0.4, -0.2) is 31.9 Å². The first kappa shape index (κ1) is 14.5. The van der Waals surface area contributed by atoms with E-state index >= 15 is 0 Å². The molecule has 2 N–H and O–H groups in total. The fourth-order valence-corrected chi connectivity index (χ4v) is 2.31. The van der Waals surface area contributed by atoms with E-state index in [-0.39, 0.29) is 6.61 Å². The van der Waals surface area contributed by atoms with Crippen LogP contribution in [0.5, 0.6) is 0 Å². The van der Waals surface area contributed by atoms with E-state index < -0.39 is 0 Å². The zero-order valence-electron chi connectivity index (χ0n) is 10.5. The SMILES string of the molecule is CCN(CCCO)c1ccc(Br)cc1CNC. The summed E-state index contributed by atoms with van der Waals surface area (Å²) in [5, 5.41) is 12.1. The minimum Gasteiger partial charge on any atom is -0.396 e. The van der Waals surface area contributed by atoms with Crippen molar-refractivity contribution >= 4 is 21.6 Å². The van der Waals surface area contributed by atoms with Crippen molar-refractivity contribution in [3.05, 3.63) is 28.2 Å². The lowest BCUT2D eigenvalue weighted by Gasteiger charge is -2.25. The predicted molar refractivity (Wildman–Crippen MR) is 76.5 cm³/mol. The van der Waals surface area contributed by atoms with Gasteiger partial charge < -0.3 is 15.3 Å². The number of benzene rings is 1. The number of nitrogens with zero attached hydrogens (tertiary/aromatic N) is 1. The van der Waals surface area contributed by atoms with E-state index in [0.717, 1.165) is 30.5 Å². The molecule has 0 saturated carbocycles. The van der Waals surface area contributed by atoms with Crippen molar-refractivity contribution < 1.29 is 5.11 Å². The second kappa shape index (κ2) is 7.69. The average Bonchev–Trinajstić information content (AvgIpc) is 2.32. The topological polar surface area (TPSA) is 35.5 Å². The third-order valence-corrected chi connectivity index (χ3v) is 3.21. The number of aliphatic hydroxyl groups excluding tert-OH is 1. The van der Waals surface area contributed by atoms with Crippen molar-refractivity contribution in [2.45, 2.75) is 19.9 Å². The molecule has 0 atom stereocenters. The van der Waals surface area contributed by atoms with Crippen molar-refractivity contribution in [1.82, 2.24) is 5.32 Å². The summed E-state index contributed by atoms with van der Waals surface area (Å²) in [5.41, 5.74) is 2.53. The highest BCUT2D eigenvalue weighted by atomic mass is 79.9. The second-order valence-corrected chi connectivity index (χ2v) is 4.88. The van der Waals surface area contributed by atoms with Crippen LogP contribution < -0.4 is 10.2 Å². The van der Waals surface area contributed by atoms with Crippen LogP contribution in [0.1, 0.15) is 18.9 Å². The van der Waals surface area contributed by atoms with Crippen molar-refractivity contribution in [2.75, 3.05) is 31.6 Å². The van der Waals surface area contributed by atoms with Crippen molar-refractivity contribution in [3.63, 3.8) is 0 Å². The number of halogens is 1. The molecule has 1 aromatic carbocycles. The fourth-order valence-electron chi connectivity index (χ4n) is 1.91. The maximum absolute atomic E-state index is 8.93. The molecule has 96 valence electrons. The molecule has 0 saturated heterocycles. The number of nitrogens with one attached hydrogen (secondary N) is 1. The van der Waals surface area contributed by atoms with Crippen LogP contribution in [0.4, 0.5) is 5.69 Å². The Bertz CT molecular complexity index is 344. The Morgan fingerprint density at radius 1 is 1.41 bits per heavy atom. The molecule has 0 amide bonds. The van der Waals surface area contributed by atoms with Gasteiger partial charge in [-0.05, 0) is 44.2 Å². The summed E-state index contributed by atoms with van der Waals surface area (Å²) in [4.78, 5) is 2.30. The number of hydrogen-bond acceptors (Lipinski definition) is 3. The first-order chi connectivity index (χ1) is 8.22. The highest BCUT2D eigenvalue weighted by molar-refractivity contribution is 9.10. The quantitative estimate of drug-likeness (QED) is 0.811. The Hall–Kier alpha value is -0.580. The third-order valence-electron chi connectivity index (χ3n) is 2.72. The molecular weight excluding hydrogens is 280 g/mol. The minimum absolute atomic E-state index is 0.244. The lowest BCUT2D eigenvalue weighted by molar-refractivity contribution is 0.289. The maximum atomic E-state index is 8.93. The van der Waals surface area contributed by atoms with Crippen LogP contribution in [0.15, 0.2) is 22.7 Å². The lowest BCUT2D eigenvalue weighted by atomic mass is 10.1. The van der Waals surface area contributed by atoms with E-state index in [0.29, 0.717) is 0 Å². The summed E-state index contributed by atoms with van der Waals surface area (Å²) in [5.74, 6) is 0. The largest absolute Gasteiger partial charge is 0.396 e. The van der Waals surface area contributed by atoms with Gasteiger partial charge in [-0.1, -0.05) is 15.9 Å². The molecule has 0 aliphatic heterocycles. The summed E-state index contributed by atoms with van der Waals surface area (Å²) in [7, 11) is 1.95. The van der Waals surface area contributed by atoms with E-state index in [1.54, 1.807) is 0 Å². The monoisotopic (exact) mass is 300 g/mol. The molecule has 0 aliphatic carbocycles. The van der Waals surface area contributed by atoms with E-state index in [1.807, 2.05) is 7.05 Å². The van der Waals surface area contributed by atoms with Crippen LogP contribution >= 0.6 is 15.9 Å².